The van der Waals surface area contributed by atoms with E-state index in [1.54, 1.807) is 0 Å². The van der Waals surface area contributed by atoms with Gasteiger partial charge in [0.2, 0.25) is 0 Å². The third-order valence-corrected chi connectivity index (χ3v) is 6.52. The maximum absolute atomic E-state index is 5.06. The second kappa shape index (κ2) is 7.46. The molecule has 3 nitrogen and oxygen atoms in total. The van der Waals surface area contributed by atoms with Crippen molar-refractivity contribution in [1.82, 2.24) is 14.1 Å². The summed E-state index contributed by atoms with van der Waals surface area (Å²) in [5.41, 5.74) is 7.82. The van der Waals surface area contributed by atoms with E-state index in [-0.39, 0.29) is 0 Å². The summed E-state index contributed by atoms with van der Waals surface area (Å²) in [4.78, 5) is 5.06. The van der Waals surface area contributed by atoms with Crippen molar-refractivity contribution in [3.05, 3.63) is 127 Å². The van der Waals surface area contributed by atoms with Crippen molar-refractivity contribution in [2.24, 2.45) is 0 Å². The molecule has 3 heteroatoms. The molecule has 0 aliphatic carbocycles. The van der Waals surface area contributed by atoms with E-state index in [1.165, 1.54) is 21.8 Å². The highest BCUT2D eigenvalue weighted by molar-refractivity contribution is 6.09. The van der Waals surface area contributed by atoms with E-state index < -0.39 is 0 Å². The van der Waals surface area contributed by atoms with Crippen LogP contribution in [0.2, 0.25) is 0 Å². The minimum Gasteiger partial charge on any atom is -0.309 e. The van der Waals surface area contributed by atoms with E-state index in [0.717, 1.165) is 33.8 Å². The summed E-state index contributed by atoms with van der Waals surface area (Å²) in [7, 11) is 0. The van der Waals surface area contributed by atoms with Crippen LogP contribution in [0.4, 0.5) is 0 Å². The van der Waals surface area contributed by atoms with E-state index in [4.69, 9.17) is 4.98 Å². The number of hydrogen-bond acceptors (Lipinski definition) is 1. The van der Waals surface area contributed by atoms with Crippen LogP contribution in [0.5, 0.6) is 0 Å². The van der Waals surface area contributed by atoms with Crippen molar-refractivity contribution in [2.45, 2.75) is 0 Å². The number of nitrogens with zero attached hydrogens (tertiary/aromatic N) is 3. The largest absolute Gasteiger partial charge is 0.309 e. The third-order valence-electron chi connectivity index (χ3n) is 6.52. The fourth-order valence-electron chi connectivity index (χ4n) is 5.04. The fraction of sp³-hybridized carbons (Fsp3) is 0. The van der Waals surface area contributed by atoms with Crippen molar-refractivity contribution in [3.8, 4) is 22.8 Å². The monoisotopic (exact) mass is 435 g/mol. The summed E-state index contributed by atoms with van der Waals surface area (Å²) >= 11 is 0. The van der Waals surface area contributed by atoms with E-state index >= 15 is 0 Å². The van der Waals surface area contributed by atoms with Gasteiger partial charge in [-0.15, -0.1) is 0 Å². The maximum Gasteiger partial charge on any atom is 0.145 e. The molecule has 0 atom stereocenters. The highest BCUT2D eigenvalue weighted by Gasteiger charge is 2.16. The Morgan fingerprint density at radius 1 is 0.441 bits per heavy atom. The molecule has 7 aromatic rings. The maximum atomic E-state index is 5.06. The van der Waals surface area contributed by atoms with Gasteiger partial charge in [-0.3, -0.25) is 4.57 Å². The van der Waals surface area contributed by atoms with Crippen molar-refractivity contribution >= 4 is 32.8 Å². The van der Waals surface area contributed by atoms with Crippen LogP contribution in [0.1, 0.15) is 0 Å². The lowest BCUT2D eigenvalue weighted by Gasteiger charge is -2.12. The normalized spacial score (nSPS) is 11.5. The molecule has 2 aromatic heterocycles. The molecular weight excluding hydrogens is 414 g/mol. The summed E-state index contributed by atoms with van der Waals surface area (Å²) in [5.74, 6) is 0.940. The molecule has 34 heavy (non-hydrogen) atoms. The molecule has 0 saturated carbocycles. The molecule has 0 aliphatic heterocycles. The van der Waals surface area contributed by atoms with E-state index in [0.29, 0.717) is 0 Å². The predicted octanol–water partition coefficient (Wildman–Crippen LogP) is 7.79. The van der Waals surface area contributed by atoms with Gasteiger partial charge in [0, 0.05) is 27.7 Å². The number of rotatable bonds is 3. The molecule has 0 spiro atoms. The Morgan fingerprint density at radius 3 is 1.76 bits per heavy atom. The van der Waals surface area contributed by atoms with E-state index in [9.17, 15) is 0 Å². The highest BCUT2D eigenvalue weighted by Crippen LogP contribution is 2.34. The zero-order valence-corrected chi connectivity index (χ0v) is 18.5. The number of para-hydroxylation sites is 5. The Labute approximate surface area is 197 Å². The van der Waals surface area contributed by atoms with Crippen LogP contribution >= 0.6 is 0 Å². The third kappa shape index (κ3) is 2.81. The SMILES string of the molecule is c1ccc(-n2c(-c3cccc(-n4c5ccccc5c5ccccc54)c3)nc3ccccc32)cc1. The molecule has 0 N–H and O–H groups in total. The summed E-state index contributed by atoms with van der Waals surface area (Å²) < 4.78 is 4.60. The van der Waals surface area contributed by atoms with Gasteiger partial charge in [0.1, 0.15) is 5.82 Å². The Kier molecular flexibility index (Phi) is 4.15. The molecule has 2 heterocycles. The number of benzene rings is 5. The van der Waals surface area contributed by atoms with Crippen LogP contribution in [0, 0.1) is 0 Å². The van der Waals surface area contributed by atoms with Crippen molar-refractivity contribution < 1.29 is 0 Å². The Hall–Kier alpha value is -4.63. The molecule has 0 aliphatic rings. The minimum absolute atomic E-state index is 0.940. The van der Waals surface area contributed by atoms with Crippen LogP contribution in [-0.4, -0.2) is 14.1 Å². The first-order valence-corrected chi connectivity index (χ1v) is 11.5. The van der Waals surface area contributed by atoms with Gasteiger partial charge in [-0.2, -0.15) is 0 Å². The first-order chi connectivity index (χ1) is 16.9. The van der Waals surface area contributed by atoms with Gasteiger partial charge >= 0.3 is 0 Å². The summed E-state index contributed by atoms with van der Waals surface area (Å²) in [6.07, 6.45) is 0. The number of fused-ring (bicyclic) bond motifs is 4. The lowest BCUT2D eigenvalue weighted by Crippen LogP contribution is -1.99. The van der Waals surface area contributed by atoms with Gasteiger partial charge in [0.25, 0.3) is 0 Å². The predicted molar refractivity (Wildman–Crippen MR) is 141 cm³/mol. The average Bonchev–Trinajstić information content (AvgIpc) is 3.46. The van der Waals surface area contributed by atoms with Crippen molar-refractivity contribution in [2.75, 3.05) is 0 Å². The summed E-state index contributed by atoms with van der Waals surface area (Å²) in [6, 6.07) is 44.7. The molecule has 0 fully saturated rings. The first kappa shape index (κ1) is 18.9. The van der Waals surface area contributed by atoms with Gasteiger partial charge in [0.15, 0.2) is 0 Å². The molecule has 0 saturated heterocycles. The Bertz CT molecular complexity index is 1750. The zero-order valence-electron chi connectivity index (χ0n) is 18.5. The Morgan fingerprint density at radius 2 is 1.03 bits per heavy atom. The van der Waals surface area contributed by atoms with Gasteiger partial charge in [-0.1, -0.05) is 78.9 Å². The van der Waals surface area contributed by atoms with E-state index in [2.05, 4.69) is 124 Å². The van der Waals surface area contributed by atoms with Gasteiger partial charge < -0.3 is 4.57 Å². The van der Waals surface area contributed by atoms with Crippen LogP contribution < -0.4 is 0 Å². The number of hydrogen-bond donors (Lipinski definition) is 0. The van der Waals surface area contributed by atoms with Crippen LogP contribution in [0.15, 0.2) is 127 Å². The lowest BCUT2D eigenvalue weighted by atomic mass is 10.1. The average molecular weight is 436 g/mol. The van der Waals surface area contributed by atoms with Crippen LogP contribution in [0.25, 0.3) is 55.6 Å². The molecule has 0 amide bonds. The number of imidazole rings is 1. The van der Waals surface area contributed by atoms with Gasteiger partial charge in [0.05, 0.1) is 22.1 Å². The lowest BCUT2D eigenvalue weighted by molar-refractivity contribution is 1.10. The Balaban J connectivity index is 1.50. The summed E-state index contributed by atoms with van der Waals surface area (Å²) in [5, 5.41) is 2.53. The van der Waals surface area contributed by atoms with Crippen molar-refractivity contribution in [1.29, 1.82) is 0 Å². The highest BCUT2D eigenvalue weighted by atomic mass is 15.1. The first-order valence-electron chi connectivity index (χ1n) is 11.5. The molecule has 5 aromatic carbocycles. The standard InChI is InChI=1S/C31H21N3/c1-2-12-23(13-3-1)34-30-20-9-6-17-27(30)32-31(34)22-11-10-14-24(21-22)33-28-18-7-4-15-25(28)26-16-5-8-19-29(26)33/h1-21H. The minimum atomic E-state index is 0.940. The second-order valence-electron chi connectivity index (χ2n) is 8.52. The van der Waals surface area contributed by atoms with Gasteiger partial charge in [-0.25, -0.2) is 4.98 Å². The van der Waals surface area contributed by atoms with Gasteiger partial charge in [-0.05, 0) is 48.5 Å². The summed E-state index contributed by atoms with van der Waals surface area (Å²) in [6.45, 7) is 0. The smallest absolute Gasteiger partial charge is 0.145 e. The number of aromatic nitrogens is 3. The van der Waals surface area contributed by atoms with Crippen LogP contribution in [0.3, 0.4) is 0 Å². The topological polar surface area (TPSA) is 22.8 Å². The molecular formula is C31H21N3. The second-order valence-corrected chi connectivity index (χ2v) is 8.52. The molecule has 7 rings (SSSR count). The fourth-order valence-corrected chi connectivity index (χ4v) is 5.04. The van der Waals surface area contributed by atoms with E-state index in [1.807, 2.05) is 12.1 Å². The van der Waals surface area contributed by atoms with Crippen molar-refractivity contribution in [3.63, 3.8) is 0 Å². The molecule has 160 valence electrons. The zero-order chi connectivity index (χ0) is 22.5. The molecule has 0 radical (unpaired) electrons. The quantitative estimate of drug-likeness (QED) is 0.278. The molecule has 0 unspecified atom stereocenters. The molecule has 0 bridgehead atoms. The van der Waals surface area contributed by atoms with Crippen LogP contribution in [-0.2, 0) is 0 Å².